The van der Waals surface area contributed by atoms with Crippen LogP contribution in [0.5, 0.6) is 0 Å². The van der Waals surface area contributed by atoms with Gasteiger partial charge in [-0.15, -0.1) is 0 Å². The van der Waals surface area contributed by atoms with E-state index in [-0.39, 0.29) is 0 Å². The van der Waals surface area contributed by atoms with Gasteiger partial charge in [0.15, 0.2) is 0 Å². The van der Waals surface area contributed by atoms with Crippen LogP contribution in [0, 0.1) is 0 Å². The molecule has 0 aliphatic heterocycles. The van der Waals surface area contributed by atoms with E-state index in [0.29, 0.717) is 0 Å². The van der Waals surface area contributed by atoms with Crippen LogP contribution < -0.4 is 4.90 Å². The number of halogens is 1. The quantitative estimate of drug-likeness (QED) is 0.221. The number of hydrogen-bond acceptors (Lipinski definition) is 2. The molecule has 0 spiro atoms. The van der Waals surface area contributed by atoms with Crippen molar-refractivity contribution in [2.45, 2.75) is 0 Å². The second-order valence-corrected chi connectivity index (χ2v) is 10.1. The maximum absolute atomic E-state index is 6.09. The highest BCUT2D eigenvalue weighted by atomic mass is 79.9. The van der Waals surface area contributed by atoms with E-state index >= 15 is 0 Å². The van der Waals surface area contributed by atoms with E-state index in [1.807, 2.05) is 12.1 Å². The second-order valence-electron chi connectivity index (χ2n) is 9.16. The molecule has 0 saturated carbocycles. The Kier molecular flexibility index (Phi) is 5.30. The molecule has 0 fully saturated rings. The molecule has 0 radical (unpaired) electrons. The van der Waals surface area contributed by atoms with Crippen molar-refractivity contribution < 1.29 is 4.42 Å². The van der Waals surface area contributed by atoms with Crippen LogP contribution in [0.1, 0.15) is 0 Å². The molecule has 3 heteroatoms. The zero-order chi connectivity index (χ0) is 24.8. The maximum Gasteiger partial charge on any atom is 0.135 e. The molecule has 1 heterocycles. The zero-order valence-electron chi connectivity index (χ0n) is 19.9. The number of anilines is 3. The summed E-state index contributed by atoms with van der Waals surface area (Å²) in [6.07, 6.45) is 0. The summed E-state index contributed by atoms with van der Waals surface area (Å²) in [5, 5.41) is 4.75. The first-order valence-electron chi connectivity index (χ1n) is 12.3. The summed E-state index contributed by atoms with van der Waals surface area (Å²) < 4.78 is 7.14. The molecular formula is C34H22BrNO. The molecule has 1 aromatic heterocycles. The minimum atomic E-state index is 0.895. The zero-order valence-corrected chi connectivity index (χ0v) is 21.5. The van der Waals surface area contributed by atoms with Crippen LogP contribution in [0.3, 0.4) is 0 Å². The third-order valence-corrected chi connectivity index (χ3v) is 7.46. The topological polar surface area (TPSA) is 16.4 Å². The van der Waals surface area contributed by atoms with Crippen LogP contribution >= 0.6 is 15.9 Å². The number of fused-ring (bicyclic) bond motifs is 4. The summed E-state index contributed by atoms with van der Waals surface area (Å²) in [5.41, 5.74) is 7.51. The second kappa shape index (κ2) is 8.95. The Bertz CT molecular complexity index is 1880. The van der Waals surface area contributed by atoms with Gasteiger partial charge in [0.05, 0.1) is 0 Å². The van der Waals surface area contributed by atoms with E-state index in [0.717, 1.165) is 43.5 Å². The Labute approximate surface area is 223 Å². The predicted octanol–water partition coefficient (Wildman–Crippen LogP) is 10.6. The number of hydrogen-bond donors (Lipinski definition) is 0. The Morgan fingerprint density at radius 2 is 1.11 bits per heavy atom. The molecule has 0 aliphatic rings. The first kappa shape index (κ1) is 21.9. The Balaban J connectivity index is 1.37. The van der Waals surface area contributed by atoms with Gasteiger partial charge >= 0.3 is 0 Å². The minimum Gasteiger partial charge on any atom is -0.456 e. The third kappa shape index (κ3) is 3.89. The molecule has 7 rings (SSSR count). The van der Waals surface area contributed by atoms with E-state index < -0.39 is 0 Å². The van der Waals surface area contributed by atoms with E-state index in [9.17, 15) is 0 Å². The molecular weight excluding hydrogens is 518 g/mol. The van der Waals surface area contributed by atoms with Crippen molar-refractivity contribution >= 4 is 65.7 Å². The van der Waals surface area contributed by atoms with Gasteiger partial charge in [0.2, 0.25) is 0 Å². The van der Waals surface area contributed by atoms with Gasteiger partial charge in [-0.05, 0) is 82.6 Å². The molecule has 0 unspecified atom stereocenters. The number of para-hydroxylation sites is 1. The lowest BCUT2D eigenvalue weighted by Crippen LogP contribution is -2.09. The highest BCUT2D eigenvalue weighted by Crippen LogP contribution is 2.40. The van der Waals surface area contributed by atoms with Crippen molar-refractivity contribution in [3.05, 3.63) is 138 Å². The monoisotopic (exact) mass is 539 g/mol. The fourth-order valence-electron chi connectivity index (χ4n) is 5.16. The average Bonchev–Trinajstić information content (AvgIpc) is 3.32. The van der Waals surface area contributed by atoms with Crippen LogP contribution in [0.2, 0.25) is 0 Å². The van der Waals surface area contributed by atoms with E-state index in [4.69, 9.17) is 4.42 Å². The van der Waals surface area contributed by atoms with Crippen LogP contribution in [0.25, 0.3) is 43.8 Å². The summed E-state index contributed by atoms with van der Waals surface area (Å²) in [6, 6.07) is 47.0. The molecule has 0 amide bonds. The summed E-state index contributed by atoms with van der Waals surface area (Å²) >= 11 is 3.59. The standard InChI is InChI=1S/C34H22BrNO/c35-25-14-18-27(19-15-25)36(28-20-21-34-32(22-28)31-9-3-4-11-33(31)37-34)26-16-12-24(13-17-26)30-10-5-7-23-6-1-2-8-29(23)30/h1-22H. The number of furan rings is 1. The lowest BCUT2D eigenvalue weighted by Gasteiger charge is -2.26. The summed E-state index contributed by atoms with van der Waals surface area (Å²) in [6.45, 7) is 0. The molecule has 7 aromatic rings. The largest absolute Gasteiger partial charge is 0.456 e. The molecule has 176 valence electrons. The normalized spacial score (nSPS) is 11.4. The number of nitrogens with zero attached hydrogens (tertiary/aromatic N) is 1. The van der Waals surface area contributed by atoms with Crippen LogP contribution in [0.4, 0.5) is 17.1 Å². The number of rotatable bonds is 4. The van der Waals surface area contributed by atoms with Crippen molar-refractivity contribution in [2.75, 3.05) is 4.90 Å². The molecule has 0 N–H and O–H groups in total. The summed E-state index contributed by atoms with van der Waals surface area (Å²) in [4.78, 5) is 2.29. The molecule has 0 bridgehead atoms. The van der Waals surface area contributed by atoms with E-state index in [1.165, 1.54) is 21.9 Å². The Morgan fingerprint density at radius 3 is 1.92 bits per heavy atom. The maximum atomic E-state index is 6.09. The Morgan fingerprint density at radius 1 is 0.486 bits per heavy atom. The Hall–Kier alpha value is -4.34. The van der Waals surface area contributed by atoms with Gasteiger partial charge in [-0.25, -0.2) is 0 Å². The molecule has 0 saturated heterocycles. The SMILES string of the molecule is Brc1ccc(N(c2ccc(-c3cccc4ccccc34)cc2)c2ccc3oc4ccccc4c3c2)cc1. The third-order valence-electron chi connectivity index (χ3n) is 6.93. The van der Waals surface area contributed by atoms with Crippen molar-refractivity contribution in [1.29, 1.82) is 0 Å². The van der Waals surface area contributed by atoms with E-state index in [1.54, 1.807) is 0 Å². The van der Waals surface area contributed by atoms with Crippen molar-refractivity contribution in [2.24, 2.45) is 0 Å². The van der Waals surface area contributed by atoms with Gasteiger partial charge in [0.25, 0.3) is 0 Å². The fraction of sp³-hybridized carbons (Fsp3) is 0. The smallest absolute Gasteiger partial charge is 0.135 e. The van der Waals surface area contributed by atoms with Gasteiger partial charge in [-0.2, -0.15) is 0 Å². The highest BCUT2D eigenvalue weighted by molar-refractivity contribution is 9.10. The first-order valence-corrected chi connectivity index (χ1v) is 13.1. The van der Waals surface area contributed by atoms with Crippen molar-refractivity contribution in [3.63, 3.8) is 0 Å². The number of benzene rings is 6. The van der Waals surface area contributed by atoms with Crippen molar-refractivity contribution in [3.8, 4) is 11.1 Å². The van der Waals surface area contributed by atoms with Gasteiger partial charge in [0.1, 0.15) is 11.2 Å². The molecule has 0 atom stereocenters. The summed E-state index contributed by atoms with van der Waals surface area (Å²) in [7, 11) is 0. The first-order chi connectivity index (χ1) is 18.2. The van der Waals surface area contributed by atoms with Crippen LogP contribution in [0.15, 0.2) is 142 Å². The lowest BCUT2D eigenvalue weighted by atomic mass is 9.98. The lowest BCUT2D eigenvalue weighted by molar-refractivity contribution is 0.669. The fourth-order valence-corrected chi connectivity index (χ4v) is 5.42. The van der Waals surface area contributed by atoms with E-state index in [2.05, 4.69) is 142 Å². The molecule has 37 heavy (non-hydrogen) atoms. The van der Waals surface area contributed by atoms with Gasteiger partial charge < -0.3 is 9.32 Å². The van der Waals surface area contributed by atoms with Gasteiger partial charge in [0, 0.05) is 32.3 Å². The van der Waals surface area contributed by atoms with Crippen LogP contribution in [-0.4, -0.2) is 0 Å². The average molecular weight is 540 g/mol. The predicted molar refractivity (Wildman–Crippen MR) is 159 cm³/mol. The summed E-state index contributed by atoms with van der Waals surface area (Å²) in [5.74, 6) is 0. The molecule has 0 aliphatic carbocycles. The van der Waals surface area contributed by atoms with Gasteiger partial charge in [-0.1, -0.05) is 88.7 Å². The van der Waals surface area contributed by atoms with Crippen LogP contribution in [-0.2, 0) is 0 Å². The highest BCUT2D eigenvalue weighted by Gasteiger charge is 2.16. The minimum absolute atomic E-state index is 0.895. The van der Waals surface area contributed by atoms with Crippen molar-refractivity contribution in [1.82, 2.24) is 0 Å². The molecule has 2 nitrogen and oxygen atoms in total. The van der Waals surface area contributed by atoms with Gasteiger partial charge in [-0.3, -0.25) is 0 Å². The molecule has 6 aromatic carbocycles.